The zero-order valence-electron chi connectivity index (χ0n) is 25.3. The smallest absolute Gasteiger partial charge is 0.136 e. The third kappa shape index (κ3) is 4.00. The normalized spacial score (nSPS) is 11.8. The number of para-hydroxylation sites is 3. The number of furan rings is 1. The van der Waals surface area contributed by atoms with Crippen molar-refractivity contribution in [2.75, 3.05) is 0 Å². The first-order chi connectivity index (χ1) is 23.3. The quantitative estimate of drug-likeness (QED) is 0.190. The molecular weight excluding hydrogens is 572 g/mol. The minimum Gasteiger partial charge on any atom is -0.456 e. The Morgan fingerprint density at radius 1 is 0.340 bits per heavy atom. The molecule has 0 aliphatic heterocycles. The lowest BCUT2D eigenvalue weighted by Gasteiger charge is -2.14. The summed E-state index contributed by atoms with van der Waals surface area (Å²) in [5, 5.41) is 9.75. The van der Waals surface area contributed by atoms with E-state index in [-0.39, 0.29) is 0 Å². The van der Waals surface area contributed by atoms with Gasteiger partial charge < -0.3 is 4.42 Å². The molecule has 0 aliphatic rings. The summed E-state index contributed by atoms with van der Waals surface area (Å²) in [5.74, 6) is 0. The first-order valence-electron chi connectivity index (χ1n) is 15.9. The van der Waals surface area contributed by atoms with Crippen molar-refractivity contribution < 1.29 is 4.42 Å². The fourth-order valence-electron chi connectivity index (χ4n) is 7.28. The van der Waals surface area contributed by atoms with E-state index in [2.05, 4.69) is 115 Å². The van der Waals surface area contributed by atoms with E-state index >= 15 is 0 Å². The first kappa shape index (κ1) is 26.0. The Hall–Kier alpha value is -6.32. The summed E-state index contributed by atoms with van der Waals surface area (Å²) in [5.41, 5.74) is 9.64. The average Bonchev–Trinajstić information content (AvgIpc) is 3.53. The van der Waals surface area contributed by atoms with Gasteiger partial charge in [-0.05, 0) is 73.8 Å². The van der Waals surface area contributed by atoms with E-state index in [9.17, 15) is 0 Å². The van der Waals surface area contributed by atoms with Crippen molar-refractivity contribution in [2.45, 2.75) is 0 Å². The van der Waals surface area contributed by atoms with Gasteiger partial charge in [0.2, 0.25) is 0 Å². The SMILES string of the molecule is c1ccc2nc(-c3ccc4c5ccccc5c5ccccc5c4c3)c(-c3ccc(-c4cccc5oc6ccccc6c45)cc3)nc2c1. The second-order valence-electron chi connectivity index (χ2n) is 12.1. The van der Waals surface area contributed by atoms with E-state index < -0.39 is 0 Å². The van der Waals surface area contributed by atoms with Crippen LogP contribution in [0, 0.1) is 0 Å². The number of aromatic nitrogens is 2. The largest absolute Gasteiger partial charge is 0.456 e. The Labute approximate surface area is 270 Å². The summed E-state index contributed by atoms with van der Waals surface area (Å²) in [6.07, 6.45) is 0. The molecule has 10 aromatic rings. The molecule has 0 aliphatic carbocycles. The molecule has 8 aromatic carbocycles. The van der Waals surface area contributed by atoms with Gasteiger partial charge in [0.15, 0.2) is 0 Å². The van der Waals surface area contributed by atoms with Crippen molar-refractivity contribution in [3.8, 4) is 33.6 Å². The Morgan fingerprint density at radius 3 is 1.51 bits per heavy atom. The second-order valence-corrected chi connectivity index (χ2v) is 12.1. The van der Waals surface area contributed by atoms with Gasteiger partial charge >= 0.3 is 0 Å². The number of benzene rings is 8. The molecule has 0 unspecified atom stereocenters. The molecule has 0 radical (unpaired) electrons. The van der Waals surface area contributed by atoms with E-state index in [1.807, 2.05) is 42.5 Å². The molecule has 0 saturated heterocycles. The Morgan fingerprint density at radius 2 is 0.830 bits per heavy atom. The van der Waals surface area contributed by atoms with Crippen LogP contribution in [0.3, 0.4) is 0 Å². The van der Waals surface area contributed by atoms with Gasteiger partial charge in [0.25, 0.3) is 0 Å². The van der Waals surface area contributed by atoms with E-state index in [1.165, 1.54) is 32.3 Å². The number of rotatable bonds is 3. The molecule has 0 N–H and O–H groups in total. The van der Waals surface area contributed by atoms with Gasteiger partial charge in [0.1, 0.15) is 11.2 Å². The van der Waals surface area contributed by atoms with Crippen LogP contribution in [0.1, 0.15) is 0 Å². The maximum atomic E-state index is 6.18. The molecule has 2 aromatic heterocycles. The Kier molecular flexibility index (Phi) is 5.57. The van der Waals surface area contributed by atoms with Gasteiger partial charge in [-0.3, -0.25) is 0 Å². The summed E-state index contributed by atoms with van der Waals surface area (Å²) in [6, 6.07) is 55.5. The van der Waals surface area contributed by atoms with E-state index in [0.717, 1.165) is 66.6 Å². The predicted octanol–water partition coefficient (Wildman–Crippen LogP) is 12.0. The van der Waals surface area contributed by atoms with Crippen LogP contribution in [0.2, 0.25) is 0 Å². The molecule has 0 saturated carbocycles. The van der Waals surface area contributed by atoms with E-state index in [1.54, 1.807) is 0 Å². The lowest BCUT2D eigenvalue weighted by Crippen LogP contribution is -1.96. The molecular formula is C44H26N2O. The second kappa shape index (κ2) is 10.1. The highest BCUT2D eigenvalue weighted by Crippen LogP contribution is 2.40. The molecule has 218 valence electrons. The Balaban J connectivity index is 1.17. The molecule has 47 heavy (non-hydrogen) atoms. The van der Waals surface area contributed by atoms with Crippen molar-refractivity contribution in [3.05, 3.63) is 158 Å². The zero-order chi connectivity index (χ0) is 30.9. The first-order valence-corrected chi connectivity index (χ1v) is 15.9. The maximum absolute atomic E-state index is 6.18. The molecule has 0 fully saturated rings. The van der Waals surface area contributed by atoms with Crippen LogP contribution >= 0.6 is 0 Å². The van der Waals surface area contributed by atoms with Crippen LogP contribution in [0.25, 0.3) is 98.9 Å². The van der Waals surface area contributed by atoms with Crippen molar-refractivity contribution in [1.29, 1.82) is 0 Å². The highest BCUT2D eigenvalue weighted by molar-refractivity contribution is 6.25. The highest BCUT2D eigenvalue weighted by atomic mass is 16.3. The van der Waals surface area contributed by atoms with Crippen molar-refractivity contribution in [1.82, 2.24) is 9.97 Å². The van der Waals surface area contributed by atoms with Crippen LogP contribution in [-0.2, 0) is 0 Å². The summed E-state index contributed by atoms with van der Waals surface area (Å²) in [6.45, 7) is 0. The lowest BCUT2D eigenvalue weighted by atomic mass is 9.92. The molecule has 0 atom stereocenters. The topological polar surface area (TPSA) is 38.9 Å². The summed E-state index contributed by atoms with van der Waals surface area (Å²) in [4.78, 5) is 10.5. The molecule has 2 heterocycles. The number of nitrogens with zero attached hydrogens (tertiary/aromatic N) is 2. The minimum atomic E-state index is 0.867. The van der Waals surface area contributed by atoms with Crippen molar-refractivity contribution >= 4 is 65.3 Å². The molecule has 0 spiro atoms. The van der Waals surface area contributed by atoms with Gasteiger partial charge in [-0.25, -0.2) is 9.97 Å². The maximum Gasteiger partial charge on any atom is 0.136 e. The molecule has 0 bridgehead atoms. The standard InChI is InChI=1S/C44H26N2O/c1-2-12-33-31(10-1)32-11-3-4-13-34(32)37-26-29(24-25-35(33)37)44-43(45-38-16-6-7-17-39(38)46-44)28-22-20-27(21-23-28)30-15-9-19-41-42(30)36-14-5-8-18-40(36)47-41/h1-26H. The van der Waals surface area contributed by atoms with Gasteiger partial charge in [-0.2, -0.15) is 0 Å². The number of hydrogen-bond acceptors (Lipinski definition) is 3. The third-order valence-electron chi connectivity index (χ3n) is 9.46. The summed E-state index contributed by atoms with van der Waals surface area (Å²) in [7, 11) is 0. The van der Waals surface area contributed by atoms with Gasteiger partial charge in [0.05, 0.1) is 22.4 Å². The minimum absolute atomic E-state index is 0.867. The zero-order valence-corrected chi connectivity index (χ0v) is 25.3. The summed E-state index contributed by atoms with van der Waals surface area (Å²) >= 11 is 0. The summed E-state index contributed by atoms with van der Waals surface area (Å²) < 4.78 is 6.18. The van der Waals surface area contributed by atoms with Crippen LogP contribution in [0.4, 0.5) is 0 Å². The molecule has 3 nitrogen and oxygen atoms in total. The van der Waals surface area contributed by atoms with Gasteiger partial charge in [-0.1, -0.05) is 127 Å². The third-order valence-corrected chi connectivity index (χ3v) is 9.46. The van der Waals surface area contributed by atoms with E-state index in [4.69, 9.17) is 14.4 Å². The van der Waals surface area contributed by atoms with Crippen molar-refractivity contribution in [2.24, 2.45) is 0 Å². The van der Waals surface area contributed by atoms with Crippen LogP contribution in [0.5, 0.6) is 0 Å². The van der Waals surface area contributed by atoms with Crippen LogP contribution in [0.15, 0.2) is 162 Å². The fraction of sp³-hybridized carbons (Fsp3) is 0. The van der Waals surface area contributed by atoms with Gasteiger partial charge in [0, 0.05) is 21.9 Å². The van der Waals surface area contributed by atoms with Crippen molar-refractivity contribution in [3.63, 3.8) is 0 Å². The average molecular weight is 599 g/mol. The monoisotopic (exact) mass is 598 g/mol. The highest BCUT2D eigenvalue weighted by Gasteiger charge is 2.17. The van der Waals surface area contributed by atoms with E-state index in [0.29, 0.717) is 0 Å². The predicted molar refractivity (Wildman–Crippen MR) is 196 cm³/mol. The van der Waals surface area contributed by atoms with Crippen LogP contribution < -0.4 is 0 Å². The number of hydrogen-bond donors (Lipinski definition) is 0. The fourth-order valence-corrected chi connectivity index (χ4v) is 7.28. The molecule has 10 rings (SSSR count). The molecule has 3 heteroatoms. The van der Waals surface area contributed by atoms with Crippen LogP contribution in [-0.4, -0.2) is 9.97 Å². The van der Waals surface area contributed by atoms with Gasteiger partial charge in [-0.15, -0.1) is 0 Å². The Bertz CT molecular complexity index is 2810. The lowest BCUT2D eigenvalue weighted by molar-refractivity contribution is 0.669. The molecule has 0 amide bonds. The number of fused-ring (bicyclic) bond motifs is 10.